The van der Waals surface area contributed by atoms with Gasteiger partial charge in [0, 0.05) is 11.9 Å². The molecule has 3 nitrogen and oxygen atoms in total. The minimum absolute atomic E-state index is 0.554. The molecule has 3 aromatic rings. The second-order valence-corrected chi connectivity index (χ2v) is 5.16. The second-order valence-electron chi connectivity index (χ2n) is 4.34. The molecule has 0 saturated heterocycles. The van der Waals surface area contributed by atoms with Gasteiger partial charge in [-0.2, -0.15) is 0 Å². The second kappa shape index (κ2) is 5.65. The molecule has 0 unspecified atom stereocenters. The quantitative estimate of drug-likeness (QED) is 0.771. The first-order chi connectivity index (χ1) is 9.74. The molecule has 1 aromatic heterocycles. The highest BCUT2D eigenvalue weighted by molar-refractivity contribution is 6.42. The van der Waals surface area contributed by atoms with Crippen LogP contribution < -0.4 is 5.32 Å². The average molecular weight is 304 g/mol. The van der Waals surface area contributed by atoms with Gasteiger partial charge in [0.25, 0.3) is 0 Å². The van der Waals surface area contributed by atoms with Crippen LogP contribution in [0.2, 0.25) is 10.0 Å². The minimum Gasteiger partial charge on any atom is -0.365 e. The van der Waals surface area contributed by atoms with E-state index in [2.05, 4.69) is 15.3 Å². The molecule has 0 bridgehead atoms. The number of rotatable bonds is 3. The summed E-state index contributed by atoms with van der Waals surface area (Å²) in [6.45, 7) is 0.623. The van der Waals surface area contributed by atoms with E-state index in [1.807, 2.05) is 36.4 Å². The maximum Gasteiger partial charge on any atom is 0.137 e. The number of halogens is 2. The van der Waals surface area contributed by atoms with Crippen molar-refractivity contribution in [2.24, 2.45) is 0 Å². The fourth-order valence-electron chi connectivity index (χ4n) is 1.98. The molecule has 0 fully saturated rings. The van der Waals surface area contributed by atoms with Crippen LogP contribution in [0.15, 0.2) is 48.8 Å². The van der Waals surface area contributed by atoms with Gasteiger partial charge in [-0.1, -0.05) is 41.4 Å². The lowest BCUT2D eigenvalue weighted by molar-refractivity contribution is 1.10. The number of aromatic nitrogens is 2. The molecule has 1 heterocycles. The number of hydrogen-bond donors (Lipinski definition) is 1. The zero-order chi connectivity index (χ0) is 13.9. The largest absolute Gasteiger partial charge is 0.365 e. The molecule has 5 heteroatoms. The Balaban J connectivity index is 1.85. The topological polar surface area (TPSA) is 37.8 Å². The van der Waals surface area contributed by atoms with Crippen molar-refractivity contribution in [3.05, 3.63) is 64.4 Å². The fraction of sp³-hybridized carbons (Fsp3) is 0.0667. The van der Waals surface area contributed by atoms with Crippen molar-refractivity contribution in [1.82, 2.24) is 9.97 Å². The summed E-state index contributed by atoms with van der Waals surface area (Å²) in [4.78, 5) is 8.51. The maximum atomic E-state index is 6.01. The smallest absolute Gasteiger partial charge is 0.137 e. The molecule has 0 amide bonds. The van der Waals surface area contributed by atoms with Crippen molar-refractivity contribution in [3.63, 3.8) is 0 Å². The van der Waals surface area contributed by atoms with Crippen LogP contribution in [0.25, 0.3) is 10.9 Å². The van der Waals surface area contributed by atoms with E-state index in [1.54, 1.807) is 12.4 Å². The third-order valence-electron chi connectivity index (χ3n) is 2.99. The first kappa shape index (κ1) is 13.2. The lowest BCUT2D eigenvalue weighted by Crippen LogP contribution is -2.02. The Morgan fingerprint density at radius 1 is 0.950 bits per heavy atom. The predicted molar refractivity (Wildman–Crippen MR) is 83.3 cm³/mol. The van der Waals surface area contributed by atoms with Crippen molar-refractivity contribution in [3.8, 4) is 0 Å². The summed E-state index contributed by atoms with van der Waals surface area (Å²) >= 11 is 11.9. The van der Waals surface area contributed by atoms with Crippen LogP contribution in [0.5, 0.6) is 0 Å². The lowest BCUT2D eigenvalue weighted by atomic mass is 10.2. The molecule has 3 rings (SSSR count). The van der Waals surface area contributed by atoms with Gasteiger partial charge < -0.3 is 5.32 Å². The normalized spacial score (nSPS) is 10.7. The SMILES string of the molecule is Clc1ccc(CNc2ncnc3ccccc23)cc1Cl. The Morgan fingerprint density at radius 3 is 2.65 bits per heavy atom. The van der Waals surface area contributed by atoms with Gasteiger partial charge in [-0.3, -0.25) is 0 Å². The molecule has 100 valence electrons. The monoisotopic (exact) mass is 303 g/mol. The summed E-state index contributed by atoms with van der Waals surface area (Å²) in [6, 6.07) is 13.5. The van der Waals surface area contributed by atoms with Gasteiger partial charge >= 0.3 is 0 Å². The van der Waals surface area contributed by atoms with E-state index in [0.29, 0.717) is 16.6 Å². The van der Waals surface area contributed by atoms with E-state index in [0.717, 1.165) is 22.3 Å². The Morgan fingerprint density at radius 2 is 1.80 bits per heavy atom. The van der Waals surface area contributed by atoms with Gasteiger partial charge in [-0.25, -0.2) is 9.97 Å². The molecule has 0 aliphatic heterocycles. The molecule has 0 aliphatic carbocycles. The summed E-state index contributed by atoms with van der Waals surface area (Å²) in [5.74, 6) is 0.807. The summed E-state index contributed by atoms with van der Waals surface area (Å²) in [7, 11) is 0. The minimum atomic E-state index is 0.554. The highest BCUT2D eigenvalue weighted by Gasteiger charge is 2.03. The summed E-state index contributed by atoms with van der Waals surface area (Å²) < 4.78 is 0. The van der Waals surface area contributed by atoms with Crippen LogP contribution in [0.4, 0.5) is 5.82 Å². The zero-order valence-corrected chi connectivity index (χ0v) is 12.0. The van der Waals surface area contributed by atoms with Crippen molar-refractivity contribution in [2.45, 2.75) is 6.54 Å². The van der Waals surface area contributed by atoms with Crippen LogP contribution >= 0.6 is 23.2 Å². The Bertz CT molecular complexity index is 754. The maximum absolute atomic E-state index is 6.01. The standard InChI is InChI=1S/C15H11Cl2N3/c16-12-6-5-10(7-13(12)17)8-18-15-11-3-1-2-4-14(11)19-9-20-15/h1-7,9H,8H2,(H,18,19,20). The van der Waals surface area contributed by atoms with E-state index in [9.17, 15) is 0 Å². The van der Waals surface area contributed by atoms with Crippen LogP contribution in [0.3, 0.4) is 0 Å². The Hall–Kier alpha value is -1.84. The van der Waals surface area contributed by atoms with E-state index >= 15 is 0 Å². The molecule has 2 aromatic carbocycles. The summed E-state index contributed by atoms with van der Waals surface area (Å²) in [5.41, 5.74) is 1.96. The van der Waals surface area contributed by atoms with E-state index in [4.69, 9.17) is 23.2 Å². The van der Waals surface area contributed by atoms with Crippen LogP contribution in [0.1, 0.15) is 5.56 Å². The molecule has 0 saturated carbocycles. The molecule has 0 aliphatic rings. The third kappa shape index (κ3) is 2.69. The Kier molecular flexibility index (Phi) is 3.72. The van der Waals surface area contributed by atoms with Gasteiger partial charge in [0.15, 0.2) is 0 Å². The highest BCUT2D eigenvalue weighted by atomic mass is 35.5. The van der Waals surface area contributed by atoms with Gasteiger partial charge in [-0.15, -0.1) is 0 Å². The number of anilines is 1. The highest BCUT2D eigenvalue weighted by Crippen LogP contribution is 2.24. The van der Waals surface area contributed by atoms with Gasteiger partial charge in [0.2, 0.25) is 0 Å². The van der Waals surface area contributed by atoms with Gasteiger partial charge in [0.05, 0.1) is 15.6 Å². The number of nitrogens with one attached hydrogen (secondary N) is 1. The van der Waals surface area contributed by atoms with Crippen molar-refractivity contribution in [2.75, 3.05) is 5.32 Å². The molecule has 0 radical (unpaired) electrons. The number of fused-ring (bicyclic) bond motifs is 1. The number of benzene rings is 2. The number of hydrogen-bond acceptors (Lipinski definition) is 3. The van der Waals surface area contributed by atoms with Gasteiger partial charge in [-0.05, 0) is 29.8 Å². The fourth-order valence-corrected chi connectivity index (χ4v) is 2.30. The van der Waals surface area contributed by atoms with Crippen LogP contribution in [-0.4, -0.2) is 9.97 Å². The number of nitrogens with zero attached hydrogens (tertiary/aromatic N) is 2. The van der Waals surface area contributed by atoms with E-state index in [-0.39, 0.29) is 0 Å². The van der Waals surface area contributed by atoms with Crippen LogP contribution in [-0.2, 0) is 6.54 Å². The zero-order valence-electron chi connectivity index (χ0n) is 10.5. The van der Waals surface area contributed by atoms with Crippen molar-refractivity contribution in [1.29, 1.82) is 0 Å². The molecule has 0 atom stereocenters. The number of para-hydroxylation sites is 1. The molecule has 0 spiro atoms. The van der Waals surface area contributed by atoms with Crippen LogP contribution in [0, 0.1) is 0 Å². The van der Waals surface area contributed by atoms with Gasteiger partial charge in [0.1, 0.15) is 12.1 Å². The van der Waals surface area contributed by atoms with E-state index in [1.165, 1.54) is 0 Å². The summed E-state index contributed by atoms with van der Waals surface area (Å²) in [5, 5.41) is 5.41. The molecular weight excluding hydrogens is 293 g/mol. The first-order valence-electron chi connectivity index (χ1n) is 6.11. The first-order valence-corrected chi connectivity index (χ1v) is 6.87. The molecular formula is C15H11Cl2N3. The lowest BCUT2D eigenvalue weighted by Gasteiger charge is -2.08. The predicted octanol–water partition coefficient (Wildman–Crippen LogP) is 4.55. The van der Waals surface area contributed by atoms with Crippen molar-refractivity contribution < 1.29 is 0 Å². The third-order valence-corrected chi connectivity index (χ3v) is 3.73. The Labute approximate surface area is 126 Å². The molecule has 20 heavy (non-hydrogen) atoms. The average Bonchev–Trinajstić information content (AvgIpc) is 2.48. The summed E-state index contributed by atoms with van der Waals surface area (Å²) in [6.07, 6.45) is 1.56. The van der Waals surface area contributed by atoms with E-state index < -0.39 is 0 Å². The van der Waals surface area contributed by atoms with Crippen molar-refractivity contribution >= 4 is 39.9 Å². The molecule has 1 N–H and O–H groups in total.